The molecule has 1 unspecified atom stereocenters. The van der Waals surface area contributed by atoms with Crippen LogP contribution in [-0.4, -0.2) is 19.8 Å². The van der Waals surface area contributed by atoms with Crippen LogP contribution in [0.25, 0.3) is 0 Å². The molecule has 0 amide bonds. The largest absolute Gasteiger partial charge is 0.379 e. The highest BCUT2D eigenvalue weighted by Crippen LogP contribution is 2.44. The van der Waals surface area contributed by atoms with E-state index in [-0.39, 0.29) is 5.41 Å². The van der Waals surface area contributed by atoms with E-state index in [2.05, 4.69) is 40.7 Å². The Kier molecular flexibility index (Phi) is 4.03. The molecule has 0 aliphatic carbocycles. The predicted molar refractivity (Wildman–Crippen MR) is 80.7 cm³/mol. The second-order valence-corrected chi connectivity index (χ2v) is 6.26. The molecule has 2 heteroatoms. The van der Waals surface area contributed by atoms with Crippen molar-refractivity contribution in [1.82, 2.24) is 0 Å². The van der Waals surface area contributed by atoms with E-state index in [1.165, 1.54) is 27.8 Å². The highest BCUT2D eigenvalue weighted by Gasteiger charge is 2.46. The quantitative estimate of drug-likeness (QED) is 0.903. The van der Waals surface area contributed by atoms with Gasteiger partial charge in [0, 0.05) is 5.41 Å². The van der Waals surface area contributed by atoms with E-state index in [4.69, 9.17) is 10.5 Å². The van der Waals surface area contributed by atoms with Crippen LogP contribution in [0.15, 0.2) is 6.07 Å². The Morgan fingerprint density at radius 2 is 1.68 bits per heavy atom. The van der Waals surface area contributed by atoms with Gasteiger partial charge in [-0.25, -0.2) is 0 Å². The number of rotatable bonds is 4. The molecule has 0 saturated carbocycles. The van der Waals surface area contributed by atoms with Crippen molar-refractivity contribution in [3.63, 3.8) is 0 Å². The second-order valence-electron chi connectivity index (χ2n) is 6.26. The summed E-state index contributed by atoms with van der Waals surface area (Å²) in [6, 6.07) is 2.30. The molecular formula is C17H27NO. The van der Waals surface area contributed by atoms with Gasteiger partial charge in [-0.3, -0.25) is 0 Å². The van der Waals surface area contributed by atoms with Crippen molar-refractivity contribution in [3.8, 4) is 0 Å². The SMILES string of the molecule is Cc1cc(C)c(C)c(C2(C(C)CCN)COC2)c1C. The van der Waals surface area contributed by atoms with Crippen LogP contribution in [0.4, 0.5) is 0 Å². The smallest absolute Gasteiger partial charge is 0.0588 e. The molecule has 1 aliphatic rings. The maximum absolute atomic E-state index is 5.78. The zero-order valence-electron chi connectivity index (χ0n) is 13.0. The van der Waals surface area contributed by atoms with Gasteiger partial charge in [0.1, 0.15) is 0 Å². The van der Waals surface area contributed by atoms with E-state index in [9.17, 15) is 0 Å². The van der Waals surface area contributed by atoms with Crippen molar-refractivity contribution in [1.29, 1.82) is 0 Å². The Balaban J connectivity index is 2.55. The van der Waals surface area contributed by atoms with Gasteiger partial charge in [-0.05, 0) is 74.4 Å². The summed E-state index contributed by atoms with van der Waals surface area (Å²) in [5.41, 5.74) is 13.2. The van der Waals surface area contributed by atoms with Gasteiger partial charge in [-0.1, -0.05) is 13.0 Å². The third kappa shape index (κ3) is 2.21. The predicted octanol–water partition coefficient (Wildman–Crippen LogP) is 3.17. The summed E-state index contributed by atoms with van der Waals surface area (Å²) in [5, 5.41) is 0. The number of hydrogen-bond donors (Lipinski definition) is 1. The van der Waals surface area contributed by atoms with Crippen molar-refractivity contribution < 1.29 is 4.74 Å². The molecular weight excluding hydrogens is 234 g/mol. The fourth-order valence-corrected chi connectivity index (χ4v) is 3.49. The van der Waals surface area contributed by atoms with Crippen LogP contribution in [0, 0.1) is 33.6 Å². The van der Waals surface area contributed by atoms with Gasteiger partial charge in [0.25, 0.3) is 0 Å². The molecule has 2 N–H and O–H groups in total. The van der Waals surface area contributed by atoms with Crippen molar-refractivity contribution in [2.45, 2.75) is 46.5 Å². The second kappa shape index (κ2) is 5.26. The zero-order valence-corrected chi connectivity index (χ0v) is 13.0. The lowest BCUT2D eigenvalue weighted by Gasteiger charge is -2.48. The van der Waals surface area contributed by atoms with Crippen molar-refractivity contribution in [2.75, 3.05) is 19.8 Å². The summed E-state index contributed by atoms with van der Waals surface area (Å²) in [6.07, 6.45) is 1.06. The van der Waals surface area contributed by atoms with E-state index in [1.54, 1.807) is 0 Å². The van der Waals surface area contributed by atoms with E-state index >= 15 is 0 Å². The Morgan fingerprint density at radius 1 is 1.16 bits per heavy atom. The Hall–Kier alpha value is -0.860. The first-order valence-electron chi connectivity index (χ1n) is 7.29. The van der Waals surface area contributed by atoms with Gasteiger partial charge in [0.2, 0.25) is 0 Å². The van der Waals surface area contributed by atoms with Crippen LogP contribution in [0.2, 0.25) is 0 Å². The summed E-state index contributed by atoms with van der Waals surface area (Å²) < 4.78 is 5.61. The molecule has 2 rings (SSSR count). The molecule has 0 radical (unpaired) electrons. The monoisotopic (exact) mass is 261 g/mol. The Morgan fingerprint density at radius 3 is 2.05 bits per heavy atom. The average molecular weight is 261 g/mol. The first-order valence-corrected chi connectivity index (χ1v) is 7.29. The third-order valence-corrected chi connectivity index (χ3v) is 5.13. The molecule has 1 aromatic rings. The first kappa shape index (κ1) is 14.5. The summed E-state index contributed by atoms with van der Waals surface area (Å²) in [4.78, 5) is 0. The van der Waals surface area contributed by atoms with Crippen molar-refractivity contribution >= 4 is 0 Å². The van der Waals surface area contributed by atoms with Gasteiger partial charge in [-0.15, -0.1) is 0 Å². The van der Waals surface area contributed by atoms with Crippen LogP contribution >= 0.6 is 0 Å². The number of aryl methyl sites for hydroxylation is 2. The summed E-state index contributed by atoms with van der Waals surface area (Å²) >= 11 is 0. The van der Waals surface area contributed by atoms with E-state index < -0.39 is 0 Å². The summed E-state index contributed by atoms with van der Waals surface area (Å²) in [5.74, 6) is 0.574. The lowest BCUT2D eigenvalue weighted by Crippen LogP contribution is -2.53. The minimum absolute atomic E-state index is 0.185. The summed E-state index contributed by atoms with van der Waals surface area (Å²) in [7, 11) is 0. The zero-order chi connectivity index (χ0) is 14.2. The normalized spacial score (nSPS) is 19.1. The van der Waals surface area contributed by atoms with Crippen LogP contribution in [0.3, 0.4) is 0 Å². The molecule has 19 heavy (non-hydrogen) atoms. The fraction of sp³-hybridized carbons (Fsp3) is 0.647. The molecule has 1 heterocycles. The molecule has 0 bridgehead atoms. The van der Waals surface area contributed by atoms with Gasteiger partial charge in [0.05, 0.1) is 13.2 Å². The fourth-order valence-electron chi connectivity index (χ4n) is 3.49. The molecule has 1 atom stereocenters. The standard InChI is InChI=1S/C17H27NO/c1-11-8-12(2)15(5)16(14(11)4)17(9-19-10-17)13(3)6-7-18/h8,13H,6-7,9-10,18H2,1-5H3. The molecule has 0 aromatic heterocycles. The van der Waals surface area contributed by atoms with Crippen molar-refractivity contribution in [2.24, 2.45) is 11.7 Å². The molecule has 1 aliphatic heterocycles. The molecule has 0 spiro atoms. The maximum Gasteiger partial charge on any atom is 0.0588 e. The van der Waals surface area contributed by atoms with E-state index in [0.29, 0.717) is 5.92 Å². The van der Waals surface area contributed by atoms with Crippen LogP contribution in [0.5, 0.6) is 0 Å². The van der Waals surface area contributed by atoms with Crippen molar-refractivity contribution in [3.05, 3.63) is 33.9 Å². The number of hydrogen-bond acceptors (Lipinski definition) is 2. The number of nitrogens with two attached hydrogens (primary N) is 1. The van der Waals surface area contributed by atoms with Crippen LogP contribution in [-0.2, 0) is 10.2 Å². The molecule has 1 fully saturated rings. The van der Waals surface area contributed by atoms with Gasteiger partial charge < -0.3 is 10.5 Å². The highest BCUT2D eigenvalue weighted by molar-refractivity contribution is 5.49. The molecule has 2 nitrogen and oxygen atoms in total. The number of ether oxygens (including phenoxy) is 1. The first-order chi connectivity index (χ1) is 8.94. The minimum Gasteiger partial charge on any atom is -0.379 e. The molecule has 1 aromatic carbocycles. The Labute approximate surface area is 117 Å². The van der Waals surface area contributed by atoms with Crippen LogP contribution < -0.4 is 5.73 Å². The summed E-state index contributed by atoms with van der Waals surface area (Å²) in [6.45, 7) is 13.7. The van der Waals surface area contributed by atoms with E-state index in [0.717, 1.165) is 26.2 Å². The highest BCUT2D eigenvalue weighted by atomic mass is 16.5. The molecule has 106 valence electrons. The van der Waals surface area contributed by atoms with Gasteiger partial charge in [0.15, 0.2) is 0 Å². The maximum atomic E-state index is 5.78. The third-order valence-electron chi connectivity index (χ3n) is 5.13. The lowest BCUT2D eigenvalue weighted by atomic mass is 9.65. The number of benzene rings is 1. The Bertz CT molecular complexity index is 448. The average Bonchev–Trinajstić information content (AvgIpc) is 2.30. The minimum atomic E-state index is 0.185. The van der Waals surface area contributed by atoms with Crippen LogP contribution in [0.1, 0.15) is 41.2 Å². The lowest BCUT2D eigenvalue weighted by molar-refractivity contribution is -0.0889. The topological polar surface area (TPSA) is 35.2 Å². The van der Waals surface area contributed by atoms with Gasteiger partial charge in [-0.2, -0.15) is 0 Å². The van der Waals surface area contributed by atoms with E-state index in [1.807, 2.05) is 0 Å². The van der Waals surface area contributed by atoms with Gasteiger partial charge >= 0.3 is 0 Å². The molecule has 1 saturated heterocycles.